The summed E-state index contributed by atoms with van der Waals surface area (Å²) in [5.74, 6) is 2.31. The number of hydrogen-bond acceptors (Lipinski definition) is 5. The van der Waals surface area contributed by atoms with E-state index >= 15 is 0 Å². The summed E-state index contributed by atoms with van der Waals surface area (Å²) in [5.41, 5.74) is 1.48. The monoisotopic (exact) mass is 344 g/mol. The highest BCUT2D eigenvalue weighted by Gasteiger charge is 2.29. The summed E-state index contributed by atoms with van der Waals surface area (Å²) in [7, 11) is 0. The molecule has 3 heterocycles. The van der Waals surface area contributed by atoms with Crippen LogP contribution in [0.3, 0.4) is 0 Å². The quantitative estimate of drug-likeness (QED) is 0.930. The van der Waals surface area contributed by atoms with Crippen molar-refractivity contribution in [3.63, 3.8) is 0 Å². The number of amides is 1. The summed E-state index contributed by atoms with van der Waals surface area (Å²) in [6, 6.07) is 0. The van der Waals surface area contributed by atoms with Crippen LogP contribution in [0.1, 0.15) is 42.5 Å². The summed E-state index contributed by atoms with van der Waals surface area (Å²) in [6.45, 7) is 6.47. The van der Waals surface area contributed by atoms with Crippen LogP contribution in [0.15, 0.2) is 0 Å². The van der Waals surface area contributed by atoms with Crippen LogP contribution in [0.5, 0.6) is 0 Å². The number of thiophene rings is 1. The molecular weight excluding hydrogens is 320 g/mol. The minimum absolute atomic E-state index is 0.146. The van der Waals surface area contributed by atoms with Crippen molar-refractivity contribution < 1.29 is 4.79 Å². The summed E-state index contributed by atoms with van der Waals surface area (Å²) in [4.78, 5) is 26.6. The standard InChI is InChI=1S/C18H24N4OS/c1-3-19-17(23)12-7-9-22(10-8-12)16-15-13-5-4-6-14(13)24-18(15)21-11(2)20-16/h12H,3-10H2,1-2H3,(H,19,23). The lowest BCUT2D eigenvalue weighted by atomic mass is 9.95. The second-order valence-electron chi connectivity index (χ2n) is 6.79. The maximum absolute atomic E-state index is 12.1. The van der Waals surface area contributed by atoms with Crippen molar-refractivity contribution in [3.05, 3.63) is 16.3 Å². The van der Waals surface area contributed by atoms with Gasteiger partial charge in [0.1, 0.15) is 16.5 Å². The van der Waals surface area contributed by atoms with E-state index in [0.717, 1.165) is 48.8 Å². The molecule has 0 atom stereocenters. The van der Waals surface area contributed by atoms with Crippen LogP contribution < -0.4 is 10.2 Å². The highest BCUT2D eigenvalue weighted by atomic mass is 32.1. The maximum Gasteiger partial charge on any atom is 0.223 e. The van der Waals surface area contributed by atoms with Crippen molar-refractivity contribution in [1.82, 2.24) is 15.3 Å². The second-order valence-corrected chi connectivity index (χ2v) is 7.87. The van der Waals surface area contributed by atoms with E-state index in [9.17, 15) is 4.79 Å². The summed E-state index contributed by atoms with van der Waals surface area (Å²) < 4.78 is 0. The fourth-order valence-electron chi connectivity index (χ4n) is 3.98. The first-order chi connectivity index (χ1) is 11.7. The first-order valence-electron chi connectivity index (χ1n) is 8.99. The Morgan fingerprint density at radius 1 is 1.29 bits per heavy atom. The molecule has 0 radical (unpaired) electrons. The minimum atomic E-state index is 0.146. The highest BCUT2D eigenvalue weighted by Crippen LogP contribution is 2.41. The van der Waals surface area contributed by atoms with E-state index in [1.807, 2.05) is 25.2 Å². The van der Waals surface area contributed by atoms with Gasteiger partial charge in [0.05, 0.1) is 5.39 Å². The van der Waals surface area contributed by atoms with Crippen molar-refractivity contribution in [1.29, 1.82) is 0 Å². The number of fused-ring (bicyclic) bond motifs is 3. The molecule has 1 N–H and O–H groups in total. The van der Waals surface area contributed by atoms with Gasteiger partial charge in [-0.3, -0.25) is 4.79 Å². The molecule has 6 heteroatoms. The Balaban J connectivity index is 1.62. The number of aryl methyl sites for hydroxylation is 3. The molecule has 2 aromatic rings. The molecule has 128 valence electrons. The topological polar surface area (TPSA) is 58.1 Å². The lowest BCUT2D eigenvalue weighted by molar-refractivity contribution is -0.125. The zero-order valence-corrected chi connectivity index (χ0v) is 15.2. The number of anilines is 1. The van der Waals surface area contributed by atoms with Crippen LogP contribution >= 0.6 is 11.3 Å². The minimum Gasteiger partial charge on any atom is -0.356 e. The average molecular weight is 344 g/mol. The Kier molecular flexibility index (Phi) is 4.16. The van der Waals surface area contributed by atoms with Gasteiger partial charge in [0.15, 0.2) is 0 Å². The molecular formula is C18H24N4OS. The van der Waals surface area contributed by atoms with Crippen molar-refractivity contribution >= 4 is 33.3 Å². The van der Waals surface area contributed by atoms with Crippen LogP contribution in [0.4, 0.5) is 5.82 Å². The van der Waals surface area contributed by atoms with Crippen LogP contribution in [0.25, 0.3) is 10.2 Å². The number of rotatable bonds is 3. The van der Waals surface area contributed by atoms with Gasteiger partial charge >= 0.3 is 0 Å². The first kappa shape index (κ1) is 15.8. The molecule has 0 saturated carbocycles. The zero-order chi connectivity index (χ0) is 16.7. The number of nitrogens with zero attached hydrogens (tertiary/aromatic N) is 3. The Labute approximate surface area is 146 Å². The lowest BCUT2D eigenvalue weighted by Crippen LogP contribution is -2.41. The molecule has 0 aromatic carbocycles. The molecule has 0 bridgehead atoms. The van der Waals surface area contributed by atoms with Gasteiger partial charge in [-0.2, -0.15) is 0 Å². The smallest absolute Gasteiger partial charge is 0.223 e. The summed E-state index contributed by atoms with van der Waals surface area (Å²) in [5, 5.41) is 4.24. The third kappa shape index (κ3) is 2.66. The van der Waals surface area contributed by atoms with Crippen molar-refractivity contribution in [2.75, 3.05) is 24.5 Å². The van der Waals surface area contributed by atoms with Gasteiger partial charge in [-0.05, 0) is 51.5 Å². The highest BCUT2D eigenvalue weighted by molar-refractivity contribution is 7.19. The number of nitrogens with one attached hydrogen (secondary N) is 1. The van der Waals surface area contributed by atoms with Gasteiger partial charge in [-0.15, -0.1) is 11.3 Å². The summed E-state index contributed by atoms with van der Waals surface area (Å²) >= 11 is 1.85. The van der Waals surface area contributed by atoms with Gasteiger partial charge in [0.25, 0.3) is 0 Å². The Bertz CT molecular complexity index is 777. The largest absolute Gasteiger partial charge is 0.356 e. The third-order valence-corrected chi connectivity index (χ3v) is 6.36. The molecule has 1 aliphatic heterocycles. The number of piperidine rings is 1. The average Bonchev–Trinajstić information content (AvgIpc) is 3.15. The van der Waals surface area contributed by atoms with Gasteiger partial charge in [0, 0.05) is 30.4 Å². The Hall–Kier alpha value is -1.69. The van der Waals surface area contributed by atoms with Gasteiger partial charge in [-0.1, -0.05) is 0 Å². The maximum atomic E-state index is 12.1. The molecule has 4 rings (SSSR count). The van der Waals surface area contributed by atoms with E-state index in [1.54, 1.807) is 0 Å². The van der Waals surface area contributed by atoms with Crippen LogP contribution in [0.2, 0.25) is 0 Å². The van der Waals surface area contributed by atoms with Crippen LogP contribution in [-0.2, 0) is 17.6 Å². The van der Waals surface area contributed by atoms with E-state index in [-0.39, 0.29) is 11.8 Å². The predicted molar refractivity (Wildman–Crippen MR) is 97.8 cm³/mol. The molecule has 2 aromatic heterocycles. The van der Waals surface area contributed by atoms with E-state index in [0.29, 0.717) is 6.54 Å². The predicted octanol–water partition coefficient (Wildman–Crippen LogP) is 2.84. The van der Waals surface area contributed by atoms with Crippen LogP contribution in [-0.4, -0.2) is 35.5 Å². The van der Waals surface area contributed by atoms with E-state index in [2.05, 4.69) is 15.2 Å². The molecule has 1 saturated heterocycles. The molecule has 0 unspecified atom stereocenters. The molecule has 1 fully saturated rings. The molecule has 1 aliphatic carbocycles. The van der Waals surface area contributed by atoms with E-state index in [4.69, 9.17) is 4.98 Å². The number of carbonyl (C=O) groups is 1. The molecule has 2 aliphatic rings. The molecule has 0 spiro atoms. The fourth-order valence-corrected chi connectivity index (χ4v) is 5.28. The van der Waals surface area contributed by atoms with Crippen molar-refractivity contribution in [2.45, 2.75) is 46.0 Å². The second kappa shape index (κ2) is 6.31. The SMILES string of the molecule is CCNC(=O)C1CCN(c2nc(C)nc3sc4c(c23)CCC4)CC1. The number of carbonyl (C=O) groups excluding carboxylic acids is 1. The van der Waals surface area contributed by atoms with E-state index < -0.39 is 0 Å². The number of hydrogen-bond donors (Lipinski definition) is 1. The zero-order valence-electron chi connectivity index (χ0n) is 14.4. The summed E-state index contributed by atoms with van der Waals surface area (Å²) in [6.07, 6.45) is 5.41. The number of aromatic nitrogens is 2. The van der Waals surface area contributed by atoms with Gasteiger partial charge in [-0.25, -0.2) is 9.97 Å². The normalized spacial score (nSPS) is 18.2. The van der Waals surface area contributed by atoms with Crippen molar-refractivity contribution in [3.8, 4) is 0 Å². The lowest BCUT2D eigenvalue weighted by Gasteiger charge is -2.32. The van der Waals surface area contributed by atoms with Gasteiger partial charge < -0.3 is 10.2 Å². The van der Waals surface area contributed by atoms with Crippen LogP contribution in [0, 0.1) is 12.8 Å². The third-order valence-electron chi connectivity index (χ3n) is 5.17. The first-order valence-corrected chi connectivity index (χ1v) is 9.80. The van der Waals surface area contributed by atoms with Crippen molar-refractivity contribution in [2.24, 2.45) is 5.92 Å². The fraction of sp³-hybridized carbons (Fsp3) is 0.611. The molecule has 5 nitrogen and oxygen atoms in total. The Morgan fingerprint density at radius 2 is 2.08 bits per heavy atom. The van der Waals surface area contributed by atoms with E-state index in [1.165, 1.54) is 28.7 Å². The molecule has 24 heavy (non-hydrogen) atoms. The Morgan fingerprint density at radius 3 is 2.83 bits per heavy atom. The van der Waals surface area contributed by atoms with Gasteiger partial charge in [0.2, 0.25) is 5.91 Å². The molecule has 1 amide bonds.